The summed E-state index contributed by atoms with van der Waals surface area (Å²) in [5.41, 5.74) is 0. The fourth-order valence-corrected chi connectivity index (χ4v) is 7.06. The lowest BCUT2D eigenvalue weighted by Gasteiger charge is -2.02. The molecule has 0 rings (SSSR count). The third kappa shape index (κ3) is 77.3. The maximum atomic E-state index is 10.3. The van der Waals surface area contributed by atoms with Gasteiger partial charge in [-0.05, 0) is 19.3 Å². The van der Waals surface area contributed by atoms with E-state index < -0.39 is 24.0 Å². The van der Waals surface area contributed by atoms with Gasteiger partial charge >= 0.3 is 17.9 Å². The van der Waals surface area contributed by atoms with Gasteiger partial charge in [0.2, 0.25) is 0 Å². The molecule has 0 saturated heterocycles. The zero-order valence-electron chi connectivity index (χ0n) is 40.1. The first-order valence-corrected chi connectivity index (χ1v) is 26.3. The predicted octanol–water partition coefficient (Wildman–Crippen LogP) is 15.9. The predicted molar refractivity (Wildman–Crippen MR) is 261 cm³/mol. The van der Waals surface area contributed by atoms with Crippen molar-refractivity contribution < 1.29 is 39.9 Å². The fourth-order valence-electron chi connectivity index (χ4n) is 6.94. The van der Waals surface area contributed by atoms with Crippen LogP contribution in [0.15, 0.2) is 0 Å². The summed E-state index contributed by atoms with van der Waals surface area (Å²) in [5, 5.41) is 41.8. The van der Waals surface area contributed by atoms with Crippen molar-refractivity contribution in [1.29, 1.82) is 0 Å². The average molecular weight is 877 g/mol. The largest absolute Gasteiger partial charge is 0.481 e. The molecule has 8 nitrogen and oxygen atoms in total. The molecule has 0 heterocycles. The minimum atomic E-state index is -0.655. The van der Waals surface area contributed by atoms with Crippen LogP contribution in [0.5, 0.6) is 0 Å². The van der Waals surface area contributed by atoms with Gasteiger partial charge in [0, 0.05) is 25.0 Å². The molecule has 9 heteroatoms. The molecule has 5 N–H and O–H groups in total. The Kier molecular flexibility index (Phi) is 67.4. The Morgan fingerprint density at radius 2 is 0.483 bits per heavy atom. The van der Waals surface area contributed by atoms with Gasteiger partial charge in [-0.1, -0.05) is 252 Å². The van der Waals surface area contributed by atoms with E-state index >= 15 is 0 Å². The number of aliphatic hydroxyl groups excluding tert-OH is 2. The van der Waals surface area contributed by atoms with Crippen LogP contribution in [-0.4, -0.2) is 61.9 Å². The van der Waals surface area contributed by atoms with Crippen molar-refractivity contribution in [3.63, 3.8) is 0 Å². The van der Waals surface area contributed by atoms with Crippen molar-refractivity contribution in [3.05, 3.63) is 0 Å². The topological polar surface area (TPSA) is 152 Å². The van der Waals surface area contributed by atoms with Crippen LogP contribution in [0.1, 0.15) is 290 Å². The number of hydrogen-bond donors (Lipinski definition) is 6. The number of carboxylic acid groups (broad SMARTS) is 3. The summed E-state index contributed by atoms with van der Waals surface area (Å²) in [6.07, 6.45) is 51.2. The van der Waals surface area contributed by atoms with Crippen LogP contribution in [0.4, 0.5) is 0 Å². The van der Waals surface area contributed by atoms with Crippen LogP contribution in [-0.2, 0) is 14.4 Å². The summed E-state index contributed by atoms with van der Waals surface area (Å²) >= 11 is 3.69. The number of aliphatic carboxylic acids is 3. The van der Waals surface area contributed by atoms with E-state index in [2.05, 4.69) is 33.4 Å². The summed E-state index contributed by atoms with van der Waals surface area (Å²) in [5.74, 6) is -1.63. The second kappa shape index (κ2) is 62.0. The van der Waals surface area contributed by atoms with Gasteiger partial charge < -0.3 is 25.5 Å². The van der Waals surface area contributed by atoms with Crippen LogP contribution >= 0.6 is 12.6 Å². The Balaban J connectivity index is -0.000000366. The monoisotopic (exact) mass is 877 g/mol. The molecule has 1 unspecified atom stereocenters. The summed E-state index contributed by atoms with van der Waals surface area (Å²) in [4.78, 5) is 30.9. The van der Waals surface area contributed by atoms with E-state index in [9.17, 15) is 14.4 Å². The van der Waals surface area contributed by atoms with Crippen molar-refractivity contribution in [1.82, 2.24) is 0 Å². The summed E-state index contributed by atoms with van der Waals surface area (Å²) < 4.78 is 0. The van der Waals surface area contributed by atoms with Crippen LogP contribution in [0.2, 0.25) is 0 Å². The first-order valence-electron chi connectivity index (χ1n) is 25.7. The highest BCUT2D eigenvalue weighted by Crippen LogP contribution is 2.15. The van der Waals surface area contributed by atoms with Crippen molar-refractivity contribution in [2.75, 3.05) is 12.4 Å². The van der Waals surface area contributed by atoms with E-state index in [1.165, 1.54) is 212 Å². The summed E-state index contributed by atoms with van der Waals surface area (Å²) in [6, 6.07) is 0. The second-order valence-corrected chi connectivity index (χ2v) is 17.5. The van der Waals surface area contributed by atoms with E-state index in [4.69, 9.17) is 25.5 Å². The highest BCUT2D eigenvalue weighted by molar-refractivity contribution is 7.80. The molecule has 0 fully saturated rings. The highest BCUT2D eigenvalue weighted by atomic mass is 32.1. The van der Waals surface area contributed by atoms with Crippen LogP contribution in [0.25, 0.3) is 0 Å². The molecular formula is C51H104O8S. The van der Waals surface area contributed by atoms with E-state index in [-0.39, 0.29) is 6.61 Å². The van der Waals surface area contributed by atoms with Gasteiger partial charge in [0.1, 0.15) is 0 Å². The molecule has 0 aliphatic heterocycles. The third-order valence-electron chi connectivity index (χ3n) is 10.9. The van der Waals surface area contributed by atoms with Crippen LogP contribution < -0.4 is 0 Å². The lowest BCUT2D eigenvalue weighted by Crippen LogP contribution is -2.12. The Bertz CT molecular complexity index is 713. The quantitative estimate of drug-likeness (QED) is 0.0261. The van der Waals surface area contributed by atoms with Crippen molar-refractivity contribution in [3.8, 4) is 0 Å². The maximum absolute atomic E-state index is 10.3. The molecular weight excluding hydrogens is 773 g/mol. The van der Waals surface area contributed by atoms with E-state index in [1.807, 2.05) is 0 Å². The molecule has 0 aromatic rings. The molecule has 0 amide bonds. The molecule has 0 aliphatic carbocycles. The lowest BCUT2D eigenvalue weighted by atomic mass is 10.0. The Hall–Kier alpha value is -1.32. The minimum Gasteiger partial charge on any atom is -0.481 e. The minimum absolute atomic E-state index is 0.191. The van der Waals surface area contributed by atoms with Gasteiger partial charge in [0.05, 0.1) is 12.7 Å². The molecule has 0 spiro atoms. The van der Waals surface area contributed by atoms with Gasteiger partial charge in [-0.25, -0.2) is 0 Å². The number of carboxylic acids is 3. The Morgan fingerprint density at radius 3 is 0.583 bits per heavy atom. The van der Waals surface area contributed by atoms with Gasteiger partial charge in [0.15, 0.2) is 0 Å². The van der Waals surface area contributed by atoms with Crippen LogP contribution in [0.3, 0.4) is 0 Å². The third-order valence-corrected chi connectivity index (χ3v) is 11.3. The van der Waals surface area contributed by atoms with Crippen molar-refractivity contribution in [2.45, 2.75) is 297 Å². The van der Waals surface area contributed by atoms with E-state index in [0.29, 0.717) is 25.0 Å². The fraction of sp³-hybridized carbons (Fsp3) is 0.941. The van der Waals surface area contributed by atoms with Crippen LogP contribution in [0, 0.1) is 0 Å². The number of aliphatic hydroxyl groups is 2. The van der Waals surface area contributed by atoms with Gasteiger partial charge in [-0.15, -0.1) is 0 Å². The molecule has 362 valence electrons. The number of unbranched alkanes of at least 4 members (excludes halogenated alkanes) is 36. The van der Waals surface area contributed by atoms with Gasteiger partial charge in [-0.2, -0.15) is 12.6 Å². The Labute approximate surface area is 378 Å². The molecule has 0 saturated carbocycles. The van der Waals surface area contributed by atoms with Gasteiger partial charge in [0.25, 0.3) is 0 Å². The molecule has 0 aromatic heterocycles. The molecule has 60 heavy (non-hydrogen) atoms. The molecule has 0 aliphatic rings. The van der Waals surface area contributed by atoms with E-state index in [1.54, 1.807) is 0 Å². The zero-order chi connectivity index (χ0) is 45.4. The van der Waals surface area contributed by atoms with Gasteiger partial charge in [-0.3, -0.25) is 14.4 Å². The number of carbonyl (C=O) groups is 3. The SMILES string of the molecule is CCCCCCCCCCCCCCCC(=O)O.CCCCCCCCCCCCCCCC(=O)O.CCCCCCCCCCCCCCCC(=O)O.OCC(O)CS. The van der Waals surface area contributed by atoms with E-state index in [0.717, 1.165) is 38.5 Å². The molecule has 1 atom stereocenters. The molecule has 0 radical (unpaired) electrons. The maximum Gasteiger partial charge on any atom is 0.303 e. The van der Waals surface area contributed by atoms with Crippen molar-refractivity contribution in [2.24, 2.45) is 0 Å². The smallest absolute Gasteiger partial charge is 0.303 e. The normalized spacial score (nSPS) is 11.1. The summed E-state index contributed by atoms with van der Waals surface area (Å²) in [7, 11) is 0. The number of hydrogen-bond acceptors (Lipinski definition) is 6. The second-order valence-electron chi connectivity index (χ2n) is 17.2. The standard InChI is InChI=1S/3C16H32O2.C3H8O2S/c3*1-2-3-4-5-6-7-8-9-10-11-12-13-14-15-16(17)18;4-1-3(5)2-6/h3*2-15H2,1H3,(H,17,18);3-6H,1-2H2. The first kappa shape index (κ1) is 65.3. The molecule has 0 aromatic carbocycles. The molecule has 0 bridgehead atoms. The first-order chi connectivity index (χ1) is 29.1. The Morgan fingerprint density at radius 1 is 0.333 bits per heavy atom. The highest BCUT2D eigenvalue weighted by Gasteiger charge is 2.00. The zero-order valence-corrected chi connectivity index (χ0v) is 41.0. The lowest BCUT2D eigenvalue weighted by molar-refractivity contribution is -0.138. The summed E-state index contributed by atoms with van der Waals surface area (Å²) in [6.45, 7) is 6.59. The number of rotatable bonds is 44. The van der Waals surface area contributed by atoms with Crippen molar-refractivity contribution >= 4 is 30.5 Å². The average Bonchev–Trinajstić information content (AvgIpc) is 3.23. The number of thiol groups is 1.